The molecule has 0 aliphatic heterocycles. The average Bonchev–Trinajstić information content (AvgIpc) is 2.39. The lowest BCUT2D eigenvalue weighted by Crippen LogP contribution is -2.21. The molecule has 92 valence electrons. The van der Waals surface area contributed by atoms with Gasteiger partial charge in [-0.1, -0.05) is 64.8 Å². The maximum atomic E-state index is 5.56. The molecule has 1 aromatic rings. The van der Waals surface area contributed by atoms with E-state index in [0.29, 0.717) is 0 Å². The number of ether oxygens (including phenoxy) is 1. The number of unbranched alkanes of at least 4 members (excludes halogenated alkanes) is 2. The normalized spacial score (nSPS) is 13.6. The third kappa shape index (κ3) is 4.69. The van der Waals surface area contributed by atoms with E-state index in [1.807, 2.05) is 25.1 Å². The summed E-state index contributed by atoms with van der Waals surface area (Å²) >= 11 is 2.40. The fourth-order valence-corrected chi connectivity index (χ4v) is 2.08. The summed E-state index contributed by atoms with van der Waals surface area (Å²) in [4.78, 5) is 0. The maximum absolute atomic E-state index is 5.56. The van der Waals surface area contributed by atoms with Crippen LogP contribution in [0.3, 0.4) is 0 Å². The third-order valence-electron chi connectivity index (χ3n) is 2.75. The molecule has 0 saturated carbocycles. The Balaban J connectivity index is 2.69. The first-order chi connectivity index (χ1) is 8.23. The van der Waals surface area contributed by atoms with Crippen molar-refractivity contribution in [2.75, 3.05) is 11.5 Å². The van der Waals surface area contributed by atoms with Crippen LogP contribution >= 0.6 is 22.6 Å². The zero-order valence-electron chi connectivity index (χ0n) is 10.5. The summed E-state index contributed by atoms with van der Waals surface area (Å²) in [7, 11) is 1.71. The van der Waals surface area contributed by atoms with Gasteiger partial charge >= 0.3 is 0 Å². The fraction of sp³-hybridized carbons (Fsp3) is 0.467. The van der Waals surface area contributed by atoms with Gasteiger partial charge < -0.3 is 4.74 Å². The Hall–Kier alpha value is -0.530. The molecule has 0 N–H and O–H groups in total. The molecule has 1 aromatic carbocycles. The molecular formula is C15H19IO. The molecule has 0 amide bonds. The Morgan fingerprint density at radius 2 is 1.94 bits per heavy atom. The van der Waals surface area contributed by atoms with Gasteiger partial charge in [-0.2, -0.15) is 0 Å². The lowest BCUT2D eigenvalue weighted by Gasteiger charge is -2.22. The van der Waals surface area contributed by atoms with Crippen molar-refractivity contribution < 1.29 is 4.74 Å². The standard InChI is InChI=1S/C15H19IO/c1-15(17-2,12-8-3-4-9-13-16)14-10-6-5-7-11-14/h5-7,10-11H,3-4,9,13H2,1-2H3. The summed E-state index contributed by atoms with van der Waals surface area (Å²) in [5.74, 6) is 6.48. The first-order valence-corrected chi connectivity index (χ1v) is 7.42. The topological polar surface area (TPSA) is 9.23 Å². The van der Waals surface area contributed by atoms with Crippen molar-refractivity contribution in [1.82, 2.24) is 0 Å². The molecule has 0 radical (unpaired) electrons. The van der Waals surface area contributed by atoms with Gasteiger partial charge in [0.1, 0.15) is 0 Å². The molecule has 1 nitrogen and oxygen atoms in total. The molecule has 0 aromatic heterocycles. The highest BCUT2D eigenvalue weighted by Crippen LogP contribution is 2.23. The zero-order valence-corrected chi connectivity index (χ0v) is 12.7. The van der Waals surface area contributed by atoms with Crippen LogP contribution in [0.25, 0.3) is 0 Å². The van der Waals surface area contributed by atoms with Crippen LogP contribution in [0, 0.1) is 11.8 Å². The lowest BCUT2D eigenvalue weighted by atomic mass is 9.96. The van der Waals surface area contributed by atoms with Crippen LogP contribution in [0.4, 0.5) is 0 Å². The number of methoxy groups -OCH3 is 1. The number of hydrogen-bond donors (Lipinski definition) is 0. The first-order valence-electron chi connectivity index (χ1n) is 5.89. The maximum Gasteiger partial charge on any atom is 0.150 e. The van der Waals surface area contributed by atoms with E-state index >= 15 is 0 Å². The molecular weight excluding hydrogens is 323 g/mol. The van der Waals surface area contributed by atoms with E-state index in [0.717, 1.165) is 12.0 Å². The summed E-state index contributed by atoms with van der Waals surface area (Å²) < 4.78 is 6.76. The van der Waals surface area contributed by atoms with Gasteiger partial charge in [-0.05, 0) is 29.8 Å². The Morgan fingerprint density at radius 3 is 2.53 bits per heavy atom. The quantitative estimate of drug-likeness (QED) is 0.338. The van der Waals surface area contributed by atoms with Crippen LogP contribution in [-0.2, 0) is 10.3 Å². The van der Waals surface area contributed by atoms with Crippen molar-refractivity contribution in [2.24, 2.45) is 0 Å². The van der Waals surface area contributed by atoms with Crippen LogP contribution in [-0.4, -0.2) is 11.5 Å². The third-order valence-corrected chi connectivity index (χ3v) is 3.51. The lowest BCUT2D eigenvalue weighted by molar-refractivity contribution is 0.0551. The van der Waals surface area contributed by atoms with Crippen LogP contribution in [0.2, 0.25) is 0 Å². The van der Waals surface area contributed by atoms with Gasteiger partial charge in [0, 0.05) is 13.5 Å². The second-order valence-electron chi connectivity index (χ2n) is 4.05. The van der Waals surface area contributed by atoms with E-state index in [1.165, 1.54) is 17.3 Å². The minimum atomic E-state index is -0.481. The fourth-order valence-electron chi connectivity index (χ4n) is 1.54. The number of alkyl halides is 1. The van der Waals surface area contributed by atoms with Crippen molar-refractivity contribution in [3.8, 4) is 11.8 Å². The molecule has 2 heteroatoms. The molecule has 0 bridgehead atoms. The largest absolute Gasteiger partial charge is 0.362 e. The number of rotatable bonds is 5. The van der Waals surface area contributed by atoms with E-state index in [9.17, 15) is 0 Å². The monoisotopic (exact) mass is 342 g/mol. The second-order valence-corrected chi connectivity index (χ2v) is 5.13. The Bertz CT molecular complexity index is 377. The molecule has 1 rings (SSSR count). The number of benzene rings is 1. The van der Waals surface area contributed by atoms with Crippen LogP contribution in [0.15, 0.2) is 30.3 Å². The molecule has 0 fully saturated rings. The highest BCUT2D eigenvalue weighted by atomic mass is 127. The predicted octanol–water partition coefficient (Wildman–Crippen LogP) is 4.16. The van der Waals surface area contributed by atoms with Gasteiger partial charge in [0.15, 0.2) is 5.60 Å². The Kier molecular flexibility index (Phi) is 6.61. The van der Waals surface area contributed by atoms with E-state index < -0.39 is 5.60 Å². The number of hydrogen-bond acceptors (Lipinski definition) is 1. The van der Waals surface area contributed by atoms with Crippen molar-refractivity contribution in [3.63, 3.8) is 0 Å². The van der Waals surface area contributed by atoms with Crippen molar-refractivity contribution in [2.45, 2.75) is 31.8 Å². The van der Waals surface area contributed by atoms with Crippen molar-refractivity contribution in [3.05, 3.63) is 35.9 Å². The minimum absolute atomic E-state index is 0.481. The summed E-state index contributed by atoms with van der Waals surface area (Å²) in [5, 5.41) is 0. The average molecular weight is 342 g/mol. The Morgan fingerprint density at radius 1 is 1.24 bits per heavy atom. The summed E-state index contributed by atoms with van der Waals surface area (Å²) in [6.07, 6.45) is 3.36. The van der Waals surface area contributed by atoms with Gasteiger partial charge in [0.05, 0.1) is 0 Å². The van der Waals surface area contributed by atoms with Crippen LogP contribution < -0.4 is 0 Å². The molecule has 0 aliphatic carbocycles. The molecule has 17 heavy (non-hydrogen) atoms. The first kappa shape index (κ1) is 14.5. The second kappa shape index (κ2) is 7.73. The minimum Gasteiger partial charge on any atom is -0.362 e. The zero-order chi connectivity index (χ0) is 12.6. The van der Waals surface area contributed by atoms with Gasteiger partial charge in [0.25, 0.3) is 0 Å². The highest BCUT2D eigenvalue weighted by Gasteiger charge is 2.22. The summed E-state index contributed by atoms with van der Waals surface area (Å²) in [6.45, 7) is 2.02. The SMILES string of the molecule is COC(C)(C#CCCCCI)c1ccccc1. The van der Waals surface area contributed by atoms with Crippen molar-refractivity contribution >= 4 is 22.6 Å². The van der Waals surface area contributed by atoms with E-state index in [4.69, 9.17) is 4.74 Å². The smallest absolute Gasteiger partial charge is 0.150 e. The van der Waals surface area contributed by atoms with E-state index in [-0.39, 0.29) is 0 Å². The van der Waals surface area contributed by atoms with Crippen molar-refractivity contribution in [1.29, 1.82) is 0 Å². The van der Waals surface area contributed by atoms with Gasteiger partial charge in [-0.3, -0.25) is 0 Å². The molecule has 0 aliphatic rings. The van der Waals surface area contributed by atoms with Gasteiger partial charge in [-0.25, -0.2) is 0 Å². The number of halogens is 1. The van der Waals surface area contributed by atoms with E-state index in [2.05, 4.69) is 46.6 Å². The highest BCUT2D eigenvalue weighted by molar-refractivity contribution is 14.1. The summed E-state index contributed by atoms with van der Waals surface area (Å²) in [6, 6.07) is 10.2. The molecule has 0 saturated heterocycles. The van der Waals surface area contributed by atoms with Gasteiger partial charge in [0.2, 0.25) is 0 Å². The molecule has 1 atom stereocenters. The molecule has 1 unspecified atom stereocenters. The Labute approximate surface area is 118 Å². The molecule has 0 heterocycles. The predicted molar refractivity (Wildman–Crippen MR) is 81.3 cm³/mol. The van der Waals surface area contributed by atoms with E-state index in [1.54, 1.807) is 7.11 Å². The molecule has 0 spiro atoms. The van der Waals surface area contributed by atoms with Gasteiger partial charge in [-0.15, -0.1) is 0 Å². The van der Waals surface area contributed by atoms with Crippen LogP contribution in [0.1, 0.15) is 31.7 Å². The summed E-state index contributed by atoms with van der Waals surface area (Å²) in [5.41, 5.74) is 0.634. The van der Waals surface area contributed by atoms with Crippen LogP contribution in [0.5, 0.6) is 0 Å².